The minimum atomic E-state index is -0.436. The molecule has 2 aromatic carbocycles. The van der Waals surface area contributed by atoms with Crippen molar-refractivity contribution >= 4 is 52.2 Å². The van der Waals surface area contributed by atoms with Crippen LogP contribution in [0.5, 0.6) is 0 Å². The zero-order valence-electron chi connectivity index (χ0n) is 13.1. The number of hydrogen-bond acceptors (Lipinski definition) is 5. The van der Waals surface area contributed by atoms with Gasteiger partial charge in [-0.2, -0.15) is 0 Å². The smallest absolute Gasteiger partial charge is 0.337 e. The first-order valence-electron chi connectivity index (χ1n) is 7.21. The first-order chi connectivity index (χ1) is 12.0. The highest BCUT2D eigenvalue weighted by atomic mass is 35.5. The molecule has 0 N–H and O–H groups in total. The van der Waals surface area contributed by atoms with Crippen LogP contribution in [0.25, 0.3) is 6.08 Å². The van der Waals surface area contributed by atoms with Crippen molar-refractivity contribution in [3.05, 3.63) is 69.6 Å². The average molecular weight is 374 g/mol. The Balaban J connectivity index is 1.85. The average Bonchev–Trinajstić information content (AvgIpc) is 2.89. The molecule has 1 heterocycles. The van der Waals surface area contributed by atoms with Crippen molar-refractivity contribution in [1.29, 1.82) is 0 Å². The summed E-state index contributed by atoms with van der Waals surface area (Å²) in [5.41, 5.74) is 1.58. The molecule has 1 fully saturated rings. The molecule has 2 aromatic rings. The molecule has 0 saturated carbocycles. The lowest BCUT2D eigenvalue weighted by molar-refractivity contribution is -0.113. The third-order valence-corrected chi connectivity index (χ3v) is 4.63. The van der Waals surface area contributed by atoms with Crippen molar-refractivity contribution < 1.29 is 19.1 Å². The van der Waals surface area contributed by atoms with Crippen LogP contribution in [0, 0.1) is 0 Å². The number of benzene rings is 2. The Morgan fingerprint density at radius 2 is 1.72 bits per heavy atom. The fraction of sp³-hybridized carbons (Fsp3) is 0.0556. The molecule has 126 valence electrons. The molecule has 0 aromatic heterocycles. The summed E-state index contributed by atoms with van der Waals surface area (Å²) in [6, 6.07) is 13.0. The lowest BCUT2D eigenvalue weighted by Crippen LogP contribution is -2.27. The number of nitrogens with zero attached hydrogens (tertiary/aromatic N) is 1. The van der Waals surface area contributed by atoms with Gasteiger partial charge in [-0.05, 0) is 59.8 Å². The molecule has 1 aliphatic heterocycles. The van der Waals surface area contributed by atoms with E-state index in [-0.39, 0.29) is 5.24 Å². The predicted molar refractivity (Wildman–Crippen MR) is 97.7 cm³/mol. The molecule has 2 amide bonds. The van der Waals surface area contributed by atoms with Crippen LogP contribution in [0.3, 0.4) is 0 Å². The van der Waals surface area contributed by atoms with E-state index in [1.165, 1.54) is 7.11 Å². The standard InChI is InChI=1S/C18H12ClNO4S/c1-24-17(22)12-4-2-11(3-5-12)10-15-16(21)20(18(23)25-15)14-8-6-13(19)7-9-14/h2-10H,1H3/b15-10+. The van der Waals surface area contributed by atoms with Crippen molar-refractivity contribution in [1.82, 2.24) is 0 Å². The maximum absolute atomic E-state index is 12.5. The van der Waals surface area contributed by atoms with Crippen molar-refractivity contribution in [2.24, 2.45) is 0 Å². The Morgan fingerprint density at radius 3 is 2.32 bits per heavy atom. The molecule has 3 rings (SSSR count). The number of hydrogen-bond donors (Lipinski definition) is 0. The van der Waals surface area contributed by atoms with Crippen LogP contribution < -0.4 is 4.90 Å². The number of imide groups is 1. The van der Waals surface area contributed by atoms with Crippen LogP contribution in [-0.4, -0.2) is 24.2 Å². The van der Waals surface area contributed by atoms with E-state index < -0.39 is 11.9 Å². The Hall–Kier alpha value is -2.57. The molecule has 0 atom stereocenters. The van der Waals surface area contributed by atoms with Gasteiger partial charge in [0.15, 0.2) is 0 Å². The quantitative estimate of drug-likeness (QED) is 0.590. The van der Waals surface area contributed by atoms with Gasteiger partial charge in [0.2, 0.25) is 0 Å². The Morgan fingerprint density at radius 1 is 1.08 bits per heavy atom. The van der Waals surface area contributed by atoms with Crippen molar-refractivity contribution in [2.75, 3.05) is 12.0 Å². The first-order valence-corrected chi connectivity index (χ1v) is 8.41. The predicted octanol–water partition coefficient (Wildman–Crippen LogP) is 4.37. The molecule has 5 nitrogen and oxygen atoms in total. The lowest BCUT2D eigenvalue weighted by Gasteiger charge is -2.12. The van der Waals surface area contributed by atoms with Crippen LogP contribution >= 0.6 is 23.4 Å². The monoisotopic (exact) mass is 373 g/mol. The summed E-state index contributed by atoms with van der Waals surface area (Å²) in [5.74, 6) is -0.830. The molecular weight excluding hydrogens is 362 g/mol. The number of ether oxygens (including phenoxy) is 1. The van der Waals surface area contributed by atoms with E-state index in [1.807, 2.05) is 0 Å². The first kappa shape index (κ1) is 17.3. The van der Waals surface area contributed by atoms with Gasteiger partial charge in [0, 0.05) is 5.02 Å². The molecule has 0 radical (unpaired) electrons. The highest BCUT2D eigenvalue weighted by Gasteiger charge is 2.36. The number of esters is 1. The maximum Gasteiger partial charge on any atom is 0.337 e. The van der Waals surface area contributed by atoms with E-state index in [0.717, 1.165) is 16.7 Å². The normalized spacial score (nSPS) is 15.8. The number of methoxy groups -OCH3 is 1. The van der Waals surface area contributed by atoms with Crippen LogP contribution in [0.4, 0.5) is 10.5 Å². The molecule has 0 aliphatic carbocycles. The van der Waals surface area contributed by atoms with Gasteiger partial charge in [0.1, 0.15) is 0 Å². The van der Waals surface area contributed by atoms with E-state index in [0.29, 0.717) is 26.7 Å². The van der Waals surface area contributed by atoms with Crippen LogP contribution in [-0.2, 0) is 9.53 Å². The van der Waals surface area contributed by atoms with E-state index in [4.69, 9.17) is 11.6 Å². The van der Waals surface area contributed by atoms with Gasteiger partial charge in [0.25, 0.3) is 11.1 Å². The summed E-state index contributed by atoms with van der Waals surface area (Å²) in [6.45, 7) is 0. The molecule has 25 heavy (non-hydrogen) atoms. The fourth-order valence-corrected chi connectivity index (χ4v) is 3.23. The van der Waals surface area contributed by atoms with E-state index in [9.17, 15) is 14.4 Å². The number of amides is 2. The van der Waals surface area contributed by atoms with Crippen LogP contribution in [0.15, 0.2) is 53.4 Å². The minimum Gasteiger partial charge on any atom is -0.465 e. The number of rotatable bonds is 3. The van der Waals surface area contributed by atoms with Crippen molar-refractivity contribution in [3.8, 4) is 0 Å². The number of anilines is 1. The summed E-state index contributed by atoms with van der Waals surface area (Å²) in [7, 11) is 1.31. The maximum atomic E-state index is 12.5. The second kappa shape index (κ2) is 7.13. The van der Waals surface area contributed by atoms with E-state index in [1.54, 1.807) is 54.6 Å². The van der Waals surface area contributed by atoms with Crippen molar-refractivity contribution in [2.45, 2.75) is 0 Å². The Bertz CT molecular complexity index is 875. The molecule has 0 unspecified atom stereocenters. The van der Waals surface area contributed by atoms with Gasteiger partial charge in [-0.1, -0.05) is 23.7 Å². The number of carbonyl (C=O) groups excluding carboxylic acids is 3. The van der Waals surface area contributed by atoms with Gasteiger partial charge in [-0.3, -0.25) is 9.59 Å². The molecule has 1 saturated heterocycles. The fourth-order valence-electron chi connectivity index (χ4n) is 2.27. The van der Waals surface area contributed by atoms with Crippen LogP contribution in [0.2, 0.25) is 5.02 Å². The molecule has 0 spiro atoms. The summed E-state index contributed by atoms with van der Waals surface area (Å²) in [5, 5.41) is 0.154. The number of thioether (sulfide) groups is 1. The summed E-state index contributed by atoms with van der Waals surface area (Å²) >= 11 is 6.70. The lowest BCUT2D eigenvalue weighted by atomic mass is 10.1. The van der Waals surface area contributed by atoms with Gasteiger partial charge in [0.05, 0.1) is 23.3 Å². The topological polar surface area (TPSA) is 63.7 Å². The number of halogens is 1. The Labute approximate surface area is 153 Å². The molecule has 0 bridgehead atoms. The Kier molecular flexibility index (Phi) is 4.92. The van der Waals surface area contributed by atoms with Gasteiger partial charge in [-0.15, -0.1) is 0 Å². The highest BCUT2D eigenvalue weighted by Crippen LogP contribution is 2.36. The summed E-state index contributed by atoms with van der Waals surface area (Å²) < 4.78 is 4.64. The van der Waals surface area contributed by atoms with Crippen molar-refractivity contribution in [3.63, 3.8) is 0 Å². The molecule has 7 heteroatoms. The molecular formula is C18H12ClNO4S. The van der Waals surface area contributed by atoms with Gasteiger partial charge < -0.3 is 4.74 Å². The second-order valence-electron chi connectivity index (χ2n) is 5.11. The largest absolute Gasteiger partial charge is 0.465 e. The highest BCUT2D eigenvalue weighted by molar-refractivity contribution is 8.19. The molecule has 1 aliphatic rings. The third kappa shape index (κ3) is 3.60. The SMILES string of the molecule is COC(=O)c1ccc(/C=C2/SC(=O)N(c3ccc(Cl)cc3)C2=O)cc1. The summed E-state index contributed by atoms with van der Waals surface area (Å²) in [4.78, 5) is 37.6. The second-order valence-corrected chi connectivity index (χ2v) is 6.54. The van der Waals surface area contributed by atoms with E-state index >= 15 is 0 Å². The van der Waals surface area contributed by atoms with E-state index in [2.05, 4.69) is 4.74 Å². The zero-order chi connectivity index (χ0) is 18.0. The zero-order valence-corrected chi connectivity index (χ0v) is 14.6. The van der Waals surface area contributed by atoms with Gasteiger partial charge >= 0.3 is 5.97 Å². The van der Waals surface area contributed by atoms with Gasteiger partial charge in [-0.25, -0.2) is 9.69 Å². The third-order valence-electron chi connectivity index (χ3n) is 3.51. The van der Waals surface area contributed by atoms with Crippen LogP contribution in [0.1, 0.15) is 15.9 Å². The summed E-state index contributed by atoms with van der Waals surface area (Å²) in [6.07, 6.45) is 1.61. The minimum absolute atomic E-state index is 0.311. The number of carbonyl (C=O) groups is 3.